The average Bonchev–Trinajstić information content (AvgIpc) is 2.50. The summed E-state index contributed by atoms with van der Waals surface area (Å²) in [6.45, 7) is 2.06. The number of ether oxygens (including phenoxy) is 2. The van der Waals surface area contributed by atoms with Crippen LogP contribution in [-0.4, -0.2) is 14.2 Å². The van der Waals surface area contributed by atoms with Gasteiger partial charge < -0.3 is 9.47 Å². The minimum atomic E-state index is 0.192. The van der Waals surface area contributed by atoms with E-state index in [1.165, 1.54) is 11.1 Å². The van der Waals surface area contributed by atoms with Crippen molar-refractivity contribution in [2.45, 2.75) is 18.2 Å². The largest absolute Gasteiger partial charge is 0.497 e. The molecule has 0 aromatic heterocycles. The van der Waals surface area contributed by atoms with Gasteiger partial charge in [-0.1, -0.05) is 44.0 Å². The molecule has 2 aromatic carbocycles. The van der Waals surface area contributed by atoms with Crippen molar-refractivity contribution in [2.24, 2.45) is 0 Å². The van der Waals surface area contributed by atoms with Crippen molar-refractivity contribution in [1.29, 1.82) is 0 Å². The Morgan fingerprint density at radius 1 is 1.05 bits per heavy atom. The van der Waals surface area contributed by atoms with E-state index in [2.05, 4.69) is 63.0 Å². The fraction of sp³-hybridized carbons (Fsp3) is 0.294. The molecule has 0 amide bonds. The van der Waals surface area contributed by atoms with E-state index in [0.717, 1.165) is 28.0 Å². The molecule has 1 unspecified atom stereocenters. The summed E-state index contributed by atoms with van der Waals surface area (Å²) in [7, 11) is 3.39. The highest BCUT2D eigenvalue weighted by molar-refractivity contribution is 9.10. The summed E-state index contributed by atoms with van der Waals surface area (Å²) in [5.74, 6) is 1.78. The molecule has 0 saturated carbocycles. The molecule has 1 atom stereocenters. The summed E-state index contributed by atoms with van der Waals surface area (Å²) in [6, 6.07) is 12.3. The number of benzene rings is 2. The Hall–Kier alpha value is -1.00. The van der Waals surface area contributed by atoms with E-state index in [0.29, 0.717) is 0 Å². The van der Waals surface area contributed by atoms with Crippen LogP contribution in [0.3, 0.4) is 0 Å². The van der Waals surface area contributed by atoms with Crippen LogP contribution in [0, 0.1) is 6.92 Å². The summed E-state index contributed by atoms with van der Waals surface area (Å²) >= 11 is 7.37. The molecule has 0 fully saturated rings. The molecule has 0 bridgehead atoms. The molecule has 0 aliphatic rings. The monoisotopic (exact) mass is 412 g/mol. The van der Waals surface area contributed by atoms with E-state index < -0.39 is 0 Å². The first-order valence-electron chi connectivity index (χ1n) is 6.66. The Morgan fingerprint density at radius 2 is 1.71 bits per heavy atom. The summed E-state index contributed by atoms with van der Waals surface area (Å²) in [5.41, 5.74) is 3.56. The van der Waals surface area contributed by atoms with E-state index in [4.69, 9.17) is 9.47 Å². The molecule has 0 aliphatic heterocycles. The van der Waals surface area contributed by atoms with E-state index in [-0.39, 0.29) is 4.83 Å². The molecule has 0 N–H and O–H groups in total. The van der Waals surface area contributed by atoms with Crippen molar-refractivity contribution >= 4 is 31.9 Å². The predicted molar refractivity (Wildman–Crippen MR) is 93.8 cm³/mol. The van der Waals surface area contributed by atoms with Gasteiger partial charge in [0.1, 0.15) is 11.5 Å². The molecule has 2 aromatic rings. The number of hydrogen-bond donors (Lipinski definition) is 0. The van der Waals surface area contributed by atoms with Gasteiger partial charge in [-0.25, -0.2) is 0 Å². The number of rotatable bonds is 5. The minimum absolute atomic E-state index is 0.192. The van der Waals surface area contributed by atoms with Gasteiger partial charge in [0, 0.05) is 14.9 Å². The van der Waals surface area contributed by atoms with Crippen LogP contribution in [0.4, 0.5) is 0 Å². The second-order valence-electron chi connectivity index (χ2n) is 4.86. The van der Waals surface area contributed by atoms with E-state index in [1.807, 2.05) is 12.1 Å². The highest BCUT2D eigenvalue weighted by Gasteiger charge is 2.15. The lowest BCUT2D eigenvalue weighted by Crippen LogP contribution is -2.00. The van der Waals surface area contributed by atoms with Crippen LogP contribution >= 0.6 is 31.9 Å². The number of halogens is 2. The molecule has 4 heteroatoms. The van der Waals surface area contributed by atoms with Crippen molar-refractivity contribution in [3.05, 3.63) is 57.6 Å². The van der Waals surface area contributed by atoms with Gasteiger partial charge in [0.05, 0.1) is 14.2 Å². The third-order valence-electron chi connectivity index (χ3n) is 3.42. The highest BCUT2D eigenvalue weighted by Crippen LogP contribution is 2.37. The third kappa shape index (κ3) is 4.01. The lowest BCUT2D eigenvalue weighted by atomic mass is 10.0. The third-order valence-corrected chi connectivity index (χ3v) is 5.09. The normalized spacial score (nSPS) is 12.0. The second kappa shape index (κ2) is 7.32. The zero-order valence-electron chi connectivity index (χ0n) is 12.3. The first-order valence-corrected chi connectivity index (χ1v) is 8.37. The van der Waals surface area contributed by atoms with Crippen molar-refractivity contribution in [1.82, 2.24) is 0 Å². The minimum Gasteiger partial charge on any atom is -0.497 e. The van der Waals surface area contributed by atoms with Gasteiger partial charge >= 0.3 is 0 Å². The topological polar surface area (TPSA) is 18.5 Å². The van der Waals surface area contributed by atoms with Gasteiger partial charge in [-0.15, -0.1) is 0 Å². The standard InChI is InChI=1S/C17H18Br2O2/c1-11-8-17(21-3)14(10-15(11)18)16(19)9-12-4-6-13(20-2)7-5-12/h4-8,10,16H,9H2,1-3H3. The van der Waals surface area contributed by atoms with Gasteiger partial charge in [0.2, 0.25) is 0 Å². The lowest BCUT2D eigenvalue weighted by Gasteiger charge is -2.16. The number of aryl methyl sites for hydroxylation is 1. The molecule has 2 rings (SSSR count). The molecule has 21 heavy (non-hydrogen) atoms. The highest BCUT2D eigenvalue weighted by atomic mass is 79.9. The maximum Gasteiger partial charge on any atom is 0.123 e. The quantitative estimate of drug-likeness (QED) is 0.606. The maximum atomic E-state index is 5.51. The molecule has 0 radical (unpaired) electrons. The van der Waals surface area contributed by atoms with Crippen LogP contribution in [0.15, 0.2) is 40.9 Å². The van der Waals surface area contributed by atoms with E-state index in [1.54, 1.807) is 14.2 Å². The molecule has 0 heterocycles. The molecular weight excluding hydrogens is 396 g/mol. The Balaban J connectivity index is 2.22. The van der Waals surface area contributed by atoms with Gasteiger partial charge in [0.25, 0.3) is 0 Å². The zero-order chi connectivity index (χ0) is 15.4. The van der Waals surface area contributed by atoms with Crippen LogP contribution in [0.5, 0.6) is 11.5 Å². The number of methoxy groups -OCH3 is 2. The van der Waals surface area contributed by atoms with Crippen molar-refractivity contribution in [3.63, 3.8) is 0 Å². The predicted octanol–water partition coefficient (Wildman–Crippen LogP) is 5.45. The van der Waals surface area contributed by atoms with Crippen LogP contribution in [0.1, 0.15) is 21.5 Å². The Bertz CT molecular complexity index is 609. The Kier molecular flexibility index (Phi) is 5.71. The molecule has 0 aliphatic carbocycles. The Labute approximate surface area is 142 Å². The average molecular weight is 414 g/mol. The zero-order valence-corrected chi connectivity index (χ0v) is 15.5. The molecule has 0 saturated heterocycles. The maximum absolute atomic E-state index is 5.51. The summed E-state index contributed by atoms with van der Waals surface area (Å²) in [5, 5.41) is 0. The molecule has 0 spiro atoms. The smallest absolute Gasteiger partial charge is 0.123 e. The lowest BCUT2D eigenvalue weighted by molar-refractivity contribution is 0.409. The molecule has 112 valence electrons. The molecular formula is C17H18Br2O2. The van der Waals surface area contributed by atoms with Crippen molar-refractivity contribution in [2.75, 3.05) is 14.2 Å². The van der Waals surface area contributed by atoms with Gasteiger partial charge in [0.15, 0.2) is 0 Å². The first kappa shape index (κ1) is 16.4. The fourth-order valence-corrected chi connectivity index (χ4v) is 3.26. The SMILES string of the molecule is COc1ccc(CC(Br)c2cc(Br)c(C)cc2OC)cc1. The van der Waals surface area contributed by atoms with Gasteiger partial charge in [-0.2, -0.15) is 0 Å². The van der Waals surface area contributed by atoms with Crippen LogP contribution < -0.4 is 9.47 Å². The first-order chi connectivity index (χ1) is 10.0. The molecule has 2 nitrogen and oxygen atoms in total. The summed E-state index contributed by atoms with van der Waals surface area (Å²) in [4.78, 5) is 0.192. The number of alkyl halides is 1. The van der Waals surface area contributed by atoms with Crippen LogP contribution in [0.2, 0.25) is 0 Å². The van der Waals surface area contributed by atoms with Crippen molar-refractivity contribution < 1.29 is 9.47 Å². The summed E-state index contributed by atoms with van der Waals surface area (Å²) < 4.78 is 11.8. The Morgan fingerprint density at radius 3 is 2.29 bits per heavy atom. The fourth-order valence-electron chi connectivity index (χ4n) is 2.17. The van der Waals surface area contributed by atoms with Crippen LogP contribution in [-0.2, 0) is 6.42 Å². The number of hydrogen-bond acceptors (Lipinski definition) is 2. The van der Waals surface area contributed by atoms with E-state index in [9.17, 15) is 0 Å². The van der Waals surface area contributed by atoms with Gasteiger partial charge in [-0.05, 0) is 48.7 Å². The van der Waals surface area contributed by atoms with E-state index >= 15 is 0 Å². The van der Waals surface area contributed by atoms with Crippen molar-refractivity contribution in [3.8, 4) is 11.5 Å². The summed E-state index contributed by atoms with van der Waals surface area (Å²) in [6.07, 6.45) is 0.885. The van der Waals surface area contributed by atoms with Crippen LogP contribution in [0.25, 0.3) is 0 Å². The van der Waals surface area contributed by atoms with Gasteiger partial charge in [-0.3, -0.25) is 0 Å². The second-order valence-corrected chi connectivity index (χ2v) is 6.82.